The molecule has 1 amide bonds. The van der Waals surface area contributed by atoms with Crippen LogP contribution in [0.5, 0.6) is 0 Å². The van der Waals surface area contributed by atoms with Crippen molar-refractivity contribution >= 4 is 40.9 Å². The van der Waals surface area contributed by atoms with Gasteiger partial charge in [0.15, 0.2) is 0 Å². The van der Waals surface area contributed by atoms with E-state index in [0.717, 1.165) is 36.8 Å². The Bertz CT molecular complexity index is 1150. The van der Waals surface area contributed by atoms with E-state index in [2.05, 4.69) is 20.8 Å². The van der Waals surface area contributed by atoms with Crippen LogP contribution >= 0.6 is 11.6 Å². The van der Waals surface area contributed by atoms with Crippen LogP contribution in [0.2, 0.25) is 5.02 Å². The van der Waals surface area contributed by atoms with Crippen molar-refractivity contribution in [1.29, 1.82) is 0 Å². The van der Waals surface area contributed by atoms with Gasteiger partial charge in [-0.1, -0.05) is 47.7 Å². The van der Waals surface area contributed by atoms with E-state index in [4.69, 9.17) is 16.0 Å². The monoisotopic (exact) mass is 468 g/mol. The van der Waals surface area contributed by atoms with Gasteiger partial charge < -0.3 is 20.2 Å². The molecule has 1 fully saturated rings. The zero-order valence-corrected chi connectivity index (χ0v) is 18.9. The number of carboxylic acid groups (broad SMARTS) is 1. The number of halogens is 1. The fraction of sp³-hybridized carbons (Fsp3) is 0.333. The Morgan fingerprint density at radius 1 is 1.12 bits per heavy atom. The van der Waals surface area contributed by atoms with Gasteiger partial charge in [0.2, 0.25) is 0 Å². The summed E-state index contributed by atoms with van der Waals surface area (Å²) >= 11 is 6.20. The van der Waals surface area contributed by atoms with Gasteiger partial charge in [-0.05, 0) is 67.0 Å². The third kappa shape index (κ3) is 5.70. The number of nitrogens with one attached hydrogen (secondary N) is 2. The Hall–Kier alpha value is -3.39. The van der Waals surface area contributed by atoms with Gasteiger partial charge in [-0.15, -0.1) is 5.10 Å². The molecule has 8 nitrogen and oxygen atoms in total. The molecule has 0 radical (unpaired) electrons. The topological polar surface area (TPSA) is 117 Å². The molecular weight excluding hydrogens is 444 g/mol. The standard InChI is InChI=1S/C24H25ClN4O4/c1-14-6-11-20(19(25)12-14)27-24-29-28-23(33-24)22(32)26-17-9-7-15(8-10-17)18-5-3-2-4-16(18)13-21(30)31/h6-12,16,18H,2-5,13H2,1H3,(H,26,32)(H,27,29)(H,30,31). The summed E-state index contributed by atoms with van der Waals surface area (Å²) in [7, 11) is 0. The summed E-state index contributed by atoms with van der Waals surface area (Å²) < 4.78 is 5.42. The molecule has 1 saturated carbocycles. The van der Waals surface area contributed by atoms with E-state index in [0.29, 0.717) is 16.4 Å². The van der Waals surface area contributed by atoms with E-state index in [1.807, 2.05) is 25.1 Å². The fourth-order valence-electron chi connectivity index (χ4n) is 4.32. The first-order chi connectivity index (χ1) is 15.9. The fourth-order valence-corrected chi connectivity index (χ4v) is 4.60. The van der Waals surface area contributed by atoms with E-state index < -0.39 is 11.9 Å². The molecule has 1 heterocycles. The number of amides is 1. The van der Waals surface area contributed by atoms with Gasteiger partial charge >= 0.3 is 23.8 Å². The maximum atomic E-state index is 12.5. The number of nitrogens with zero attached hydrogens (tertiary/aromatic N) is 2. The number of aliphatic carboxylic acids is 1. The SMILES string of the molecule is Cc1ccc(Nc2nnc(C(=O)Nc3ccc(C4CCCCC4CC(=O)O)cc3)o2)c(Cl)c1. The average Bonchev–Trinajstić information content (AvgIpc) is 3.25. The van der Waals surface area contributed by atoms with Crippen molar-refractivity contribution in [2.24, 2.45) is 5.92 Å². The summed E-state index contributed by atoms with van der Waals surface area (Å²) in [6.45, 7) is 1.93. The van der Waals surface area contributed by atoms with Crippen molar-refractivity contribution in [3.05, 3.63) is 64.5 Å². The largest absolute Gasteiger partial charge is 0.481 e. The normalized spacial score (nSPS) is 18.0. The van der Waals surface area contributed by atoms with Gasteiger partial charge in [-0.2, -0.15) is 0 Å². The first kappa shape index (κ1) is 22.8. The number of hydrogen-bond acceptors (Lipinski definition) is 6. The lowest BCUT2D eigenvalue weighted by Gasteiger charge is -2.31. The molecule has 2 atom stereocenters. The second-order valence-electron chi connectivity index (χ2n) is 8.35. The quantitative estimate of drug-likeness (QED) is 0.402. The van der Waals surface area contributed by atoms with Crippen LogP contribution in [0.4, 0.5) is 17.4 Å². The highest BCUT2D eigenvalue weighted by Crippen LogP contribution is 2.40. The Kier molecular flexibility index (Phi) is 6.93. The van der Waals surface area contributed by atoms with Crippen LogP contribution in [-0.2, 0) is 4.79 Å². The van der Waals surface area contributed by atoms with Gasteiger partial charge in [0, 0.05) is 12.1 Å². The van der Waals surface area contributed by atoms with Crippen molar-refractivity contribution < 1.29 is 19.1 Å². The zero-order valence-electron chi connectivity index (χ0n) is 18.2. The minimum absolute atomic E-state index is 0.0584. The lowest BCUT2D eigenvalue weighted by molar-refractivity contribution is -0.138. The molecule has 172 valence electrons. The summed E-state index contributed by atoms with van der Waals surface area (Å²) in [6, 6.07) is 13.0. The van der Waals surface area contributed by atoms with Crippen LogP contribution in [0.15, 0.2) is 46.9 Å². The number of benzene rings is 2. The molecule has 0 saturated heterocycles. The van der Waals surface area contributed by atoms with Gasteiger partial charge in [-0.3, -0.25) is 9.59 Å². The molecule has 2 aromatic carbocycles. The maximum absolute atomic E-state index is 12.5. The molecule has 2 unspecified atom stereocenters. The van der Waals surface area contributed by atoms with Gasteiger partial charge in [0.05, 0.1) is 10.7 Å². The molecule has 0 spiro atoms. The van der Waals surface area contributed by atoms with Crippen LogP contribution in [0.3, 0.4) is 0 Å². The van der Waals surface area contributed by atoms with Crippen LogP contribution in [0.25, 0.3) is 0 Å². The van der Waals surface area contributed by atoms with Gasteiger partial charge in [0.25, 0.3) is 0 Å². The second kappa shape index (κ2) is 10.0. The molecule has 3 aromatic rings. The van der Waals surface area contributed by atoms with Crippen LogP contribution in [0, 0.1) is 12.8 Å². The Balaban J connectivity index is 1.39. The smallest absolute Gasteiger partial charge is 0.320 e. The zero-order chi connectivity index (χ0) is 23.4. The Labute approximate surface area is 196 Å². The molecule has 0 aliphatic heterocycles. The summed E-state index contributed by atoms with van der Waals surface area (Å²) in [6.07, 6.45) is 4.26. The van der Waals surface area contributed by atoms with E-state index >= 15 is 0 Å². The summed E-state index contributed by atoms with van der Waals surface area (Å²) in [5.41, 5.74) is 3.29. The Morgan fingerprint density at radius 2 is 1.88 bits per heavy atom. The molecule has 1 aliphatic rings. The third-order valence-corrected chi connectivity index (χ3v) is 6.24. The summed E-state index contributed by atoms with van der Waals surface area (Å²) in [5.74, 6) is -1.10. The predicted molar refractivity (Wildman–Crippen MR) is 125 cm³/mol. The van der Waals surface area contributed by atoms with E-state index in [1.54, 1.807) is 24.3 Å². The van der Waals surface area contributed by atoms with Crippen molar-refractivity contribution in [3.63, 3.8) is 0 Å². The highest BCUT2D eigenvalue weighted by atomic mass is 35.5. The molecule has 3 N–H and O–H groups in total. The number of carboxylic acids is 1. The predicted octanol–water partition coefficient (Wildman–Crippen LogP) is 5.78. The number of anilines is 3. The lowest BCUT2D eigenvalue weighted by atomic mass is 9.74. The number of carbonyl (C=O) groups excluding carboxylic acids is 1. The molecule has 9 heteroatoms. The number of carbonyl (C=O) groups is 2. The van der Waals surface area contributed by atoms with Gasteiger partial charge in [0.1, 0.15) is 0 Å². The minimum atomic E-state index is -0.756. The molecule has 33 heavy (non-hydrogen) atoms. The Morgan fingerprint density at radius 3 is 2.61 bits per heavy atom. The van der Waals surface area contributed by atoms with Gasteiger partial charge in [-0.25, -0.2) is 0 Å². The lowest BCUT2D eigenvalue weighted by Crippen LogP contribution is -2.21. The van der Waals surface area contributed by atoms with Crippen LogP contribution in [-0.4, -0.2) is 27.2 Å². The summed E-state index contributed by atoms with van der Waals surface area (Å²) in [5, 5.41) is 23.0. The third-order valence-electron chi connectivity index (χ3n) is 5.93. The number of aromatic nitrogens is 2. The first-order valence-electron chi connectivity index (χ1n) is 10.9. The molecular formula is C24H25ClN4O4. The number of rotatable bonds is 7. The van der Waals surface area contributed by atoms with E-state index in [-0.39, 0.29) is 30.2 Å². The van der Waals surface area contributed by atoms with Crippen molar-refractivity contribution in [2.45, 2.75) is 44.9 Å². The number of aryl methyl sites for hydroxylation is 1. The highest BCUT2D eigenvalue weighted by molar-refractivity contribution is 6.33. The second-order valence-corrected chi connectivity index (χ2v) is 8.75. The number of hydrogen-bond donors (Lipinski definition) is 3. The van der Waals surface area contributed by atoms with Crippen molar-refractivity contribution in [3.8, 4) is 0 Å². The molecule has 1 aromatic heterocycles. The van der Waals surface area contributed by atoms with E-state index in [1.165, 1.54) is 0 Å². The van der Waals surface area contributed by atoms with Crippen LogP contribution in [0.1, 0.15) is 59.8 Å². The average molecular weight is 469 g/mol. The first-order valence-corrected chi connectivity index (χ1v) is 11.3. The molecule has 4 rings (SSSR count). The van der Waals surface area contributed by atoms with Crippen molar-refractivity contribution in [1.82, 2.24) is 10.2 Å². The molecule has 1 aliphatic carbocycles. The summed E-state index contributed by atoms with van der Waals surface area (Å²) in [4.78, 5) is 23.7. The van der Waals surface area contributed by atoms with Crippen molar-refractivity contribution in [2.75, 3.05) is 10.6 Å². The maximum Gasteiger partial charge on any atom is 0.320 e. The molecule has 0 bridgehead atoms. The highest BCUT2D eigenvalue weighted by Gasteiger charge is 2.28. The minimum Gasteiger partial charge on any atom is -0.481 e. The van der Waals surface area contributed by atoms with E-state index in [9.17, 15) is 14.7 Å². The van der Waals surface area contributed by atoms with Crippen LogP contribution < -0.4 is 10.6 Å².